The molecule has 4 rings (SSSR count). The Bertz CT molecular complexity index is 1310. The van der Waals surface area contributed by atoms with Crippen molar-refractivity contribution >= 4 is 17.4 Å². The minimum absolute atomic E-state index is 0.0209. The fourth-order valence-electron chi connectivity index (χ4n) is 3.08. The lowest BCUT2D eigenvalue weighted by Gasteiger charge is -2.08. The number of anilines is 1. The number of aromatic hydroxyl groups is 1. The molecule has 0 bridgehead atoms. The number of nitrogens with two attached hydrogens (primary N) is 1. The molecule has 2 heterocycles. The number of nitrogens with zero attached hydrogens (tertiary/aromatic N) is 6. The van der Waals surface area contributed by atoms with Gasteiger partial charge in [0.2, 0.25) is 11.6 Å². The first kappa shape index (κ1) is 21.5. The summed E-state index contributed by atoms with van der Waals surface area (Å²) in [6, 6.07) is 13.7. The molecule has 0 radical (unpaired) electrons. The highest BCUT2D eigenvalue weighted by atomic mass is 16.6. The Balaban J connectivity index is 1.71. The largest absolute Gasteiger partial charge is 0.507 e. The second kappa shape index (κ2) is 9.18. The summed E-state index contributed by atoms with van der Waals surface area (Å²) in [7, 11) is 0. The van der Waals surface area contributed by atoms with Crippen molar-refractivity contribution in [2.45, 2.75) is 13.8 Å². The fraction of sp³-hybridized carbons (Fsp3) is 0.143. The number of para-hydroxylation sites is 1. The molecule has 0 saturated heterocycles. The molecule has 0 spiro atoms. The summed E-state index contributed by atoms with van der Waals surface area (Å²) in [5, 5.41) is 29.4. The number of hydrogen-bond donors (Lipinski definition) is 3. The topological polar surface area (TPSA) is 167 Å². The van der Waals surface area contributed by atoms with Crippen LogP contribution < -0.4 is 15.9 Å². The molecule has 4 N–H and O–H groups in total. The Morgan fingerprint density at radius 3 is 2.64 bits per heavy atom. The number of rotatable bonds is 7. The maximum Gasteiger partial charge on any atom is 0.294 e. The van der Waals surface area contributed by atoms with Gasteiger partial charge in [-0.15, -0.1) is 5.10 Å². The Morgan fingerprint density at radius 2 is 1.97 bits per heavy atom. The van der Waals surface area contributed by atoms with Gasteiger partial charge < -0.3 is 15.6 Å². The highest BCUT2D eigenvalue weighted by molar-refractivity contribution is 6.03. The predicted molar refractivity (Wildman–Crippen MR) is 118 cm³/mol. The molecule has 0 saturated carbocycles. The van der Waals surface area contributed by atoms with Gasteiger partial charge >= 0.3 is 0 Å². The van der Waals surface area contributed by atoms with E-state index in [2.05, 4.69) is 35.8 Å². The smallest absolute Gasteiger partial charge is 0.294 e. The molecule has 0 aliphatic rings. The number of phenolic OH excluding ortho intramolecular Hbond substituents is 1. The third-order valence-corrected chi connectivity index (χ3v) is 4.64. The summed E-state index contributed by atoms with van der Waals surface area (Å²) in [6.45, 7) is 4.05. The molecule has 33 heavy (non-hydrogen) atoms. The van der Waals surface area contributed by atoms with Gasteiger partial charge in [0.25, 0.3) is 5.91 Å². The van der Waals surface area contributed by atoms with E-state index in [1.54, 1.807) is 49.4 Å². The van der Waals surface area contributed by atoms with Crippen molar-refractivity contribution in [1.82, 2.24) is 30.7 Å². The zero-order valence-corrected chi connectivity index (χ0v) is 17.8. The Hall–Kier alpha value is -4.74. The van der Waals surface area contributed by atoms with Crippen molar-refractivity contribution in [3.05, 3.63) is 59.8 Å². The lowest BCUT2D eigenvalue weighted by atomic mass is 10.1. The summed E-state index contributed by atoms with van der Waals surface area (Å²) in [4.78, 5) is 13.0. The number of carbonyl (C=O) groups excluding carboxylic acids is 1. The first-order valence-corrected chi connectivity index (χ1v) is 9.90. The van der Waals surface area contributed by atoms with Gasteiger partial charge in [0.15, 0.2) is 5.69 Å². The van der Waals surface area contributed by atoms with E-state index in [0.29, 0.717) is 34.9 Å². The van der Waals surface area contributed by atoms with E-state index in [1.165, 1.54) is 10.7 Å². The van der Waals surface area contributed by atoms with Crippen LogP contribution >= 0.6 is 0 Å². The van der Waals surface area contributed by atoms with Gasteiger partial charge in [-0.25, -0.2) is 10.1 Å². The molecule has 12 heteroatoms. The molecule has 2 aromatic carbocycles. The molecule has 0 aliphatic carbocycles. The number of benzene rings is 2. The van der Waals surface area contributed by atoms with Crippen LogP contribution in [0.5, 0.6) is 11.5 Å². The van der Waals surface area contributed by atoms with Crippen molar-refractivity contribution in [3.63, 3.8) is 0 Å². The second-order valence-electron chi connectivity index (χ2n) is 6.78. The van der Waals surface area contributed by atoms with Crippen LogP contribution in [0.2, 0.25) is 0 Å². The van der Waals surface area contributed by atoms with Crippen molar-refractivity contribution in [3.8, 4) is 28.6 Å². The van der Waals surface area contributed by atoms with E-state index in [-0.39, 0.29) is 23.1 Å². The van der Waals surface area contributed by atoms with Crippen LogP contribution in [0.1, 0.15) is 29.9 Å². The van der Waals surface area contributed by atoms with Crippen LogP contribution in [0.4, 0.5) is 5.82 Å². The van der Waals surface area contributed by atoms with E-state index in [4.69, 9.17) is 10.5 Å². The number of hydrogen-bond acceptors (Lipinski definition) is 10. The van der Waals surface area contributed by atoms with E-state index in [1.807, 2.05) is 6.92 Å². The molecule has 0 fully saturated rings. The maximum absolute atomic E-state index is 13.0. The molecular formula is C21H20N8O4. The first-order chi connectivity index (χ1) is 16.0. The Labute approximate surface area is 187 Å². The van der Waals surface area contributed by atoms with E-state index >= 15 is 0 Å². The van der Waals surface area contributed by atoms with E-state index in [0.717, 1.165) is 0 Å². The maximum atomic E-state index is 13.0. The third kappa shape index (κ3) is 4.35. The van der Waals surface area contributed by atoms with Gasteiger partial charge in [-0.3, -0.25) is 4.79 Å². The molecule has 2 aromatic heterocycles. The van der Waals surface area contributed by atoms with Crippen LogP contribution in [-0.2, 0) is 0 Å². The second-order valence-corrected chi connectivity index (χ2v) is 6.78. The minimum Gasteiger partial charge on any atom is -0.507 e. The van der Waals surface area contributed by atoms with Crippen LogP contribution in [-0.4, -0.2) is 48.6 Å². The van der Waals surface area contributed by atoms with Crippen LogP contribution in [0.3, 0.4) is 0 Å². The summed E-state index contributed by atoms with van der Waals surface area (Å²) in [5.74, 6) is 0.140. The van der Waals surface area contributed by atoms with Gasteiger partial charge in [-0.05, 0) is 60.6 Å². The zero-order valence-electron chi connectivity index (χ0n) is 17.8. The van der Waals surface area contributed by atoms with Crippen LogP contribution in [0, 0.1) is 0 Å². The summed E-state index contributed by atoms with van der Waals surface area (Å²) >= 11 is 0. The van der Waals surface area contributed by atoms with Crippen LogP contribution in [0.25, 0.3) is 17.1 Å². The Kier molecular flexibility index (Phi) is 5.98. The highest BCUT2D eigenvalue weighted by Crippen LogP contribution is 2.28. The standard InChI is InChI=1S/C21H20N8O4/c1-3-32-14-10-8-13(9-11-14)18-17(24-28-29(18)20-19(22)26-33-27-20)21(31)25-23-12(2)15-6-4-5-7-16(15)30/h4-11,30H,3H2,1-2H3,(H2,22,26)(H,25,31)/b23-12+. The molecule has 4 aromatic rings. The van der Waals surface area contributed by atoms with Gasteiger partial charge in [-0.2, -0.15) is 9.78 Å². The Morgan fingerprint density at radius 1 is 1.21 bits per heavy atom. The number of carbonyl (C=O) groups is 1. The van der Waals surface area contributed by atoms with Crippen molar-refractivity contribution in [1.29, 1.82) is 0 Å². The average Bonchev–Trinajstić information content (AvgIpc) is 3.44. The quantitative estimate of drug-likeness (QED) is 0.283. The lowest BCUT2D eigenvalue weighted by Crippen LogP contribution is -2.21. The molecule has 0 unspecified atom stereocenters. The monoisotopic (exact) mass is 448 g/mol. The van der Waals surface area contributed by atoms with Gasteiger partial charge in [0.05, 0.1) is 12.3 Å². The number of aromatic nitrogens is 5. The van der Waals surface area contributed by atoms with Gasteiger partial charge in [-0.1, -0.05) is 17.3 Å². The van der Waals surface area contributed by atoms with Crippen LogP contribution in [0.15, 0.2) is 58.3 Å². The molecular weight excluding hydrogens is 428 g/mol. The van der Waals surface area contributed by atoms with Gasteiger partial charge in [0, 0.05) is 11.1 Å². The predicted octanol–water partition coefficient (Wildman–Crippen LogP) is 2.16. The third-order valence-electron chi connectivity index (χ3n) is 4.64. The lowest BCUT2D eigenvalue weighted by molar-refractivity contribution is 0.0950. The number of nitrogen functional groups attached to an aromatic ring is 1. The van der Waals surface area contributed by atoms with Crippen molar-refractivity contribution < 1.29 is 19.3 Å². The average molecular weight is 448 g/mol. The number of amides is 1. The molecule has 1 amide bonds. The minimum atomic E-state index is -0.630. The zero-order chi connectivity index (χ0) is 23.4. The number of nitrogens with one attached hydrogen (secondary N) is 1. The summed E-state index contributed by atoms with van der Waals surface area (Å²) in [6.07, 6.45) is 0. The normalized spacial score (nSPS) is 11.4. The highest BCUT2D eigenvalue weighted by Gasteiger charge is 2.25. The summed E-state index contributed by atoms with van der Waals surface area (Å²) < 4.78 is 11.4. The summed E-state index contributed by atoms with van der Waals surface area (Å²) in [5.41, 5.74) is 10.0. The number of ether oxygens (including phenoxy) is 1. The van der Waals surface area contributed by atoms with E-state index in [9.17, 15) is 9.90 Å². The first-order valence-electron chi connectivity index (χ1n) is 9.90. The van der Waals surface area contributed by atoms with Crippen molar-refractivity contribution in [2.24, 2.45) is 5.10 Å². The molecule has 0 atom stereocenters. The molecule has 12 nitrogen and oxygen atoms in total. The molecule has 0 aliphatic heterocycles. The SMILES string of the molecule is CCOc1ccc(-c2c(C(=O)N/N=C(\C)c3ccccc3O)nnn2-c2nonc2N)cc1. The molecule has 168 valence electrons. The fourth-order valence-corrected chi connectivity index (χ4v) is 3.08. The van der Waals surface area contributed by atoms with Gasteiger partial charge in [0.1, 0.15) is 17.2 Å². The number of phenols is 1. The van der Waals surface area contributed by atoms with E-state index < -0.39 is 5.91 Å². The van der Waals surface area contributed by atoms with Crippen molar-refractivity contribution in [2.75, 3.05) is 12.3 Å². The number of hydrazone groups is 1.